The summed E-state index contributed by atoms with van der Waals surface area (Å²) in [6.45, 7) is 1.79. The van der Waals surface area contributed by atoms with Crippen LogP contribution in [0.5, 0.6) is 11.5 Å². The molecule has 35 heavy (non-hydrogen) atoms. The van der Waals surface area contributed by atoms with Crippen molar-refractivity contribution in [3.8, 4) is 17.6 Å². The van der Waals surface area contributed by atoms with E-state index in [1.54, 1.807) is 35.2 Å². The number of methoxy groups -OCH3 is 2. The van der Waals surface area contributed by atoms with E-state index in [9.17, 15) is 4.79 Å². The molecular weight excluding hydrogens is 453 g/mol. The third kappa shape index (κ3) is 4.74. The predicted molar refractivity (Wildman–Crippen MR) is 129 cm³/mol. The number of hydrogen-bond donors (Lipinski definition) is 2. The Morgan fingerprint density at radius 3 is 2.46 bits per heavy atom. The van der Waals surface area contributed by atoms with Gasteiger partial charge in [0.15, 0.2) is 17.3 Å². The molecule has 11 heteroatoms. The van der Waals surface area contributed by atoms with Gasteiger partial charge in [0.1, 0.15) is 11.3 Å². The molecule has 0 saturated carbocycles. The Bertz CT molecular complexity index is 1290. The van der Waals surface area contributed by atoms with Crippen LogP contribution in [0.3, 0.4) is 0 Å². The molecule has 1 aliphatic rings. The van der Waals surface area contributed by atoms with Crippen LogP contribution < -0.4 is 25.8 Å². The molecule has 0 bridgehead atoms. The van der Waals surface area contributed by atoms with Crippen molar-refractivity contribution < 1.29 is 18.7 Å². The molecule has 10 nitrogen and oxygen atoms in total. The van der Waals surface area contributed by atoms with E-state index >= 15 is 4.39 Å². The van der Waals surface area contributed by atoms with E-state index in [1.165, 1.54) is 14.2 Å². The molecule has 1 atom stereocenters. The zero-order valence-electron chi connectivity index (χ0n) is 19.5. The van der Waals surface area contributed by atoms with Crippen molar-refractivity contribution in [2.75, 3.05) is 51.0 Å². The molecule has 0 aliphatic carbocycles. The van der Waals surface area contributed by atoms with Gasteiger partial charge in [-0.05, 0) is 23.8 Å². The Kier molecular flexibility index (Phi) is 6.84. The van der Waals surface area contributed by atoms with Crippen LogP contribution in [0.4, 0.5) is 16.2 Å². The molecule has 0 radical (unpaired) electrons. The highest BCUT2D eigenvalue weighted by Crippen LogP contribution is 2.37. The second-order valence-corrected chi connectivity index (χ2v) is 8.14. The largest absolute Gasteiger partial charge is 0.493 e. The van der Waals surface area contributed by atoms with Gasteiger partial charge in [0.05, 0.1) is 25.9 Å². The number of benzene rings is 2. The van der Waals surface area contributed by atoms with Crippen LogP contribution in [0.25, 0.3) is 10.9 Å². The van der Waals surface area contributed by atoms with Gasteiger partial charge in [0.25, 0.3) is 0 Å². The van der Waals surface area contributed by atoms with Crippen LogP contribution >= 0.6 is 0 Å². The first-order valence-corrected chi connectivity index (χ1v) is 11.0. The molecule has 0 spiro atoms. The number of aromatic nitrogens is 2. The van der Waals surface area contributed by atoms with Gasteiger partial charge in [-0.15, -0.1) is 0 Å². The number of nitriles is 1. The number of nitrogens with zero attached hydrogens (tertiary/aromatic N) is 5. The van der Waals surface area contributed by atoms with E-state index in [1.807, 2.05) is 4.90 Å². The van der Waals surface area contributed by atoms with Gasteiger partial charge in [0, 0.05) is 44.0 Å². The van der Waals surface area contributed by atoms with Crippen molar-refractivity contribution in [3.63, 3.8) is 0 Å². The third-order valence-corrected chi connectivity index (χ3v) is 6.07. The van der Waals surface area contributed by atoms with Crippen LogP contribution in [0.1, 0.15) is 23.6 Å². The number of rotatable bonds is 6. The summed E-state index contributed by atoms with van der Waals surface area (Å²) in [6, 6.07) is 10.0. The van der Waals surface area contributed by atoms with Crippen LogP contribution in [-0.4, -0.2) is 61.2 Å². The number of carbonyl (C=O) groups is 1. The summed E-state index contributed by atoms with van der Waals surface area (Å²) in [5, 5.41) is 9.25. The number of fused-ring (bicyclic) bond motifs is 1. The highest BCUT2D eigenvalue weighted by atomic mass is 19.1. The summed E-state index contributed by atoms with van der Waals surface area (Å²) in [6.07, 6.45) is 0.151. The summed E-state index contributed by atoms with van der Waals surface area (Å²) in [7, 11) is 2.76. The Morgan fingerprint density at radius 1 is 1.17 bits per heavy atom. The minimum absolute atomic E-state index is 0.0389. The van der Waals surface area contributed by atoms with E-state index < -0.39 is 11.9 Å². The van der Waals surface area contributed by atoms with Crippen LogP contribution in [0.2, 0.25) is 0 Å². The van der Waals surface area contributed by atoms with Crippen molar-refractivity contribution in [1.82, 2.24) is 14.9 Å². The van der Waals surface area contributed by atoms with Crippen molar-refractivity contribution in [3.05, 3.63) is 47.3 Å². The molecule has 2 heterocycles. The van der Waals surface area contributed by atoms with Crippen molar-refractivity contribution >= 4 is 28.6 Å². The molecule has 0 unspecified atom stereocenters. The predicted octanol–water partition coefficient (Wildman–Crippen LogP) is 1.98. The number of amides is 1. The van der Waals surface area contributed by atoms with Gasteiger partial charge in [0.2, 0.25) is 11.9 Å². The fraction of sp³-hybridized carbons (Fsp3) is 0.333. The Balaban J connectivity index is 1.45. The van der Waals surface area contributed by atoms with E-state index in [4.69, 9.17) is 26.2 Å². The van der Waals surface area contributed by atoms with Crippen molar-refractivity contribution in [1.29, 1.82) is 5.26 Å². The van der Waals surface area contributed by atoms with Gasteiger partial charge < -0.3 is 30.7 Å². The molecule has 1 amide bonds. The number of piperazine rings is 1. The summed E-state index contributed by atoms with van der Waals surface area (Å²) < 4.78 is 25.4. The van der Waals surface area contributed by atoms with Crippen molar-refractivity contribution in [2.24, 2.45) is 5.73 Å². The molecule has 1 aliphatic heterocycles. The smallest absolute Gasteiger partial charge is 0.228 e. The van der Waals surface area contributed by atoms with Gasteiger partial charge >= 0.3 is 0 Å². The average Bonchev–Trinajstić information content (AvgIpc) is 2.88. The molecule has 3 aromatic rings. The summed E-state index contributed by atoms with van der Waals surface area (Å²) in [4.78, 5) is 25.1. The summed E-state index contributed by atoms with van der Waals surface area (Å²) >= 11 is 0. The highest BCUT2D eigenvalue weighted by molar-refractivity contribution is 5.92. The fourth-order valence-corrected chi connectivity index (χ4v) is 4.08. The van der Waals surface area contributed by atoms with Gasteiger partial charge in [-0.2, -0.15) is 10.2 Å². The summed E-state index contributed by atoms with van der Waals surface area (Å²) in [5.41, 5.74) is 13.7. The lowest BCUT2D eigenvalue weighted by atomic mass is 10.0. The number of nitrogens with two attached hydrogens (primary N) is 2. The molecular formula is C24H26FN7O3. The lowest BCUT2D eigenvalue weighted by Gasteiger charge is -2.35. The number of anilines is 2. The maximum atomic E-state index is 15.1. The number of halogens is 1. The lowest BCUT2D eigenvalue weighted by Crippen LogP contribution is -2.49. The first-order chi connectivity index (χ1) is 16.9. The quantitative estimate of drug-likeness (QED) is 0.542. The number of ether oxygens (including phenoxy) is 2. The fourth-order valence-electron chi connectivity index (χ4n) is 4.08. The monoisotopic (exact) mass is 479 g/mol. The third-order valence-electron chi connectivity index (χ3n) is 6.07. The molecule has 4 N–H and O–H groups in total. The molecule has 4 rings (SSSR count). The first-order valence-electron chi connectivity index (χ1n) is 11.0. The number of nitrogen functional groups attached to an aromatic ring is 1. The normalized spacial score (nSPS) is 14.5. The van der Waals surface area contributed by atoms with Gasteiger partial charge in [-0.25, -0.2) is 9.37 Å². The van der Waals surface area contributed by atoms with Crippen LogP contribution in [-0.2, 0) is 4.79 Å². The molecule has 1 fully saturated rings. The maximum absolute atomic E-state index is 15.1. The van der Waals surface area contributed by atoms with Crippen molar-refractivity contribution in [2.45, 2.75) is 12.5 Å². The highest BCUT2D eigenvalue weighted by Gasteiger charge is 2.26. The SMILES string of the molecule is COc1cc2c(N)nc(N3CCN(C(=O)C[C@@H](N)c4ccc(C#N)cc4)CC3)nc2c(F)c1OC. The lowest BCUT2D eigenvalue weighted by molar-refractivity contribution is -0.131. The topological polar surface area (TPSA) is 144 Å². The average molecular weight is 480 g/mol. The Labute approximate surface area is 201 Å². The van der Waals surface area contributed by atoms with Gasteiger partial charge in [-0.1, -0.05) is 12.1 Å². The maximum Gasteiger partial charge on any atom is 0.228 e. The molecule has 1 aromatic heterocycles. The molecule has 182 valence electrons. The number of hydrogen-bond acceptors (Lipinski definition) is 9. The zero-order chi connectivity index (χ0) is 25.1. The van der Waals surface area contributed by atoms with Crippen LogP contribution in [0, 0.1) is 17.1 Å². The zero-order valence-corrected chi connectivity index (χ0v) is 19.5. The standard InChI is InChI=1S/C24H26FN7O3/c1-34-18-11-16-21(20(25)22(18)35-2)29-24(30-23(16)28)32-9-7-31(8-10-32)19(33)12-17(27)15-5-3-14(13-26)4-6-15/h3-6,11,17H,7-10,12,27H2,1-2H3,(H2,28,29,30)/t17-/m1/s1. The van der Waals surface area contributed by atoms with Crippen LogP contribution in [0.15, 0.2) is 30.3 Å². The molecule has 1 saturated heterocycles. The molecule has 2 aromatic carbocycles. The Hall–Kier alpha value is -4.17. The van der Waals surface area contributed by atoms with E-state index in [2.05, 4.69) is 16.0 Å². The first kappa shape index (κ1) is 24.0. The Morgan fingerprint density at radius 2 is 1.86 bits per heavy atom. The van der Waals surface area contributed by atoms with Gasteiger partial charge in [-0.3, -0.25) is 4.79 Å². The summed E-state index contributed by atoms with van der Waals surface area (Å²) in [5.74, 6) is -0.199. The minimum atomic E-state index is -0.678. The number of carbonyl (C=O) groups excluding carboxylic acids is 1. The van der Waals surface area contributed by atoms with E-state index in [0.29, 0.717) is 37.1 Å². The second kappa shape index (κ2) is 9.99. The minimum Gasteiger partial charge on any atom is -0.493 e. The second-order valence-electron chi connectivity index (χ2n) is 8.14. The van der Waals surface area contributed by atoms with E-state index in [-0.39, 0.29) is 41.1 Å². The van der Waals surface area contributed by atoms with E-state index in [0.717, 1.165) is 5.56 Å².